The Morgan fingerprint density at radius 3 is 2.00 bits per heavy atom. The minimum atomic E-state index is -4.96. The van der Waals surface area contributed by atoms with Crippen molar-refractivity contribution < 1.29 is 40.6 Å². The molecule has 0 heterocycles. The average Bonchev–Trinajstić information content (AvgIpc) is 2.51. The van der Waals surface area contributed by atoms with Crippen molar-refractivity contribution in [3.05, 3.63) is 42.5 Å². The molecule has 0 atom stereocenters. The molecule has 0 unspecified atom stereocenters. The van der Waals surface area contributed by atoms with Crippen molar-refractivity contribution in [3.8, 4) is 28.4 Å². The molecule has 2 rings (SSSR count). The zero-order valence-electron chi connectivity index (χ0n) is 13.0. The molecule has 142 valence electrons. The Morgan fingerprint density at radius 2 is 1.38 bits per heavy atom. The van der Waals surface area contributed by atoms with E-state index in [1.165, 1.54) is 18.2 Å². The molecule has 0 saturated carbocycles. The number of hydrogen-bond donors (Lipinski definition) is 1. The van der Waals surface area contributed by atoms with Gasteiger partial charge in [-0.2, -0.15) is 0 Å². The maximum Gasteiger partial charge on any atom is 0.573 e. The van der Waals surface area contributed by atoms with Crippen molar-refractivity contribution in [1.82, 2.24) is 0 Å². The molecule has 0 aliphatic carbocycles. The summed E-state index contributed by atoms with van der Waals surface area (Å²) in [5.74, 6) is -1.45. The van der Waals surface area contributed by atoms with E-state index in [0.29, 0.717) is 0 Å². The second-order valence-electron chi connectivity index (χ2n) is 4.89. The highest BCUT2D eigenvalue weighted by atomic mass is 19.4. The van der Waals surface area contributed by atoms with E-state index in [1.807, 2.05) is 0 Å². The fraction of sp³-hybridized carbons (Fsp3) is 0.250. The smallest absolute Gasteiger partial charge is 0.488 e. The van der Waals surface area contributed by atoms with Crippen LogP contribution in [0.3, 0.4) is 0 Å². The van der Waals surface area contributed by atoms with Crippen molar-refractivity contribution >= 4 is 0 Å². The van der Waals surface area contributed by atoms with Crippen LogP contribution in [0.4, 0.5) is 26.3 Å². The summed E-state index contributed by atoms with van der Waals surface area (Å²) in [6.07, 6.45) is -9.88. The topological polar surface area (TPSA) is 53.7 Å². The van der Waals surface area contributed by atoms with Gasteiger partial charge in [-0.3, -0.25) is 0 Å². The molecule has 0 spiro atoms. The summed E-state index contributed by atoms with van der Waals surface area (Å²) >= 11 is 0. The standard InChI is InChI=1S/C16H13F6NO3/c17-15(18,19)25-12-4-2-1-3-11(12)10-5-6-13(26-16(20,21)22)14(9-10)24-8-7-23/h1-6,9H,7-8,23H2. The van der Waals surface area contributed by atoms with Crippen molar-refractivity contribution in [2.75, 3.05) is 13.2 Å². The summed E-state index contributed by atoms with van der Waals surface area (Å²) in [5, 5.41) is 0. The molecule has 26 heavy (non-hydrogen) atoms. The first kappa shape index (κ1) is 19.7. The lowest BCUT2D eigenvalue weighted by Crippen LogP contribution is -2.19. The number of ether oxygens (including phenoxy) is 3. The lowest BCUT2D eigenvalue weighted by molar-refractivity contribution is -0.275. The Bertz CT molecular complexity index is 745. The molecule has 0 fully saturated rings. The number of rotatable bonds is 6. The highest BCUT2D eigenvalue weighted by Gasteiger charge is 2.33. The summed E-state index contributed by atoms with van der Waals surface area (Å²) in [5.41, 5.74) is 5.42. The first-order chi connectivity index (χ1) is 12.1. The highest BCUT2D eigenvalue weighted by molar-refractivity contribution is 5.72. The van der Waals surface area contributed by atoms with Crippen LogP contribution < -0.4 is 19.9 Å². The molecule has 0 saturated heterocycles. The Morgan fingerprint density at radius 1 is 0.769 bits per heavy atom. The Labute approximate surface area is 144 Å². The van der Waals surface area contributed by atoms with Crippen molar-refractivity contribution in [1.29, 1.82) is 0 Å². The van der Waals surface area contributed by atoms with Gasteiger partial charge in [-0.25, -0.2) is 0 Å². The van der Waals surface area contributed by atoms with E-state index in [2.05, 4.69) is 9.47 Å². The largest absolute Gasteiger partial charge is 0.573 e. The maximum atomic E-state index is 12.5. The maximum absolute atomic E-state index is 12.5. The first-order valence-corrected chi connectivity index (χ1v) is 7.17. The molecule has 0 aromatic heterocycles. The molecule has 2 aromatic carbocycles. The third-order valence-corrected chi connectivity index (χ3v) is 2.97. The lowest BCUT2D eigenvalue weighted by atomic mass is 10.0. The quantitative estimate of drug-likeness (QED) is 0.750. The lowest BCUT2D eigenvalue weighted by Gasteiger charge is -2.17. The zero-order chi connectivity index (χ0) is 19.4. The van der Waals surface area contributed by atoms with Crippen LogP contribution >= 0.6 is 0 Å². The fourth-order valence-electron chi connectivity index (χ4n) is 2.09. The van der Waals surface area contributed by atoms with Crippen LogP contribution in [0.15, 0.2) is 42.5 Å². The van der Waals surface area contributed by atoms with Crippen LogP contribution in [0.25, 0.3) is 11.1 Å². The minimum Gasteiger partial charge on any atom is -0.488 e. The summed E-state index contributed by atoms with van der Waals surface area (Å²) < 4.78 is 87.9. The van der Waals surface area contributed by atoms with Gasteiger partial charge in [0.25, 0.3) is 0 Å². The van der Waals surface area contributed by atoms with Gasteiger partial charge in [-0.05, 0) is 23.8 Å². The van der Waals surface area contributed by atoms with Gasteiger partial charge in [-0.1, -0.05) is 24.3 Å². The van der Waals surface area contributed by atoms with Crippen molar-refractivity contribution in [2.24, 2.45) is 5.73 Å². The van der Waals surface area contributed by atoms with Crippen LogP contribution in [-0.4, -0.2) is 25.9 Å². The number of para-hydroxylation sites is 1. The Kier molecular flexibility index (Phi) is 5.86. The van der Waals surface area contributed by atoms with E-state index in [4.69, 9.17) is 10.5 Å². The van der Waals surface area contributed by atoms with Gasteiger partial charge in [0.15, 0.2) is 11.5 Å². The molecule has 2 N–H and O–H groups in total. The number of nitrogens with two attached hydrogens (primary N) is 1. The van der Waals surface area contributed by atoms with E-state index < -0.39 is 24.2 Å². The highest BCUT2D eigenvalue weighted by Crippen LogP contribution is 2.39. The minimum absolute atomic E-state index is 0.0148. The molecular weight excluding hydrogens is 368 g/mol. The third kappa shape index (κ3) is 5.73. The van der Waals surface area contributed by atoms with Crippen LogP contribution in [0.2, 0.25) is 0 Å². The summed E-state index contributed by atoms with van der Waals surface area (Å²) in [6, 6.07) is 8.43. The number of halogens is 6. The molecular formula is C16H13F6NO3. The van der Waals surface area contributed by atoms with E-state index in [9.17, 15) is 26.3 Å². The van der Waals surface area contributed by atoms with Gasteiger partial charge in [0.1, 0.15) is 12.4 Å². The van der Waals surface area contributed by atoms with Crippen LogP contribution in [0.1, 0.15) is 0 Å². The van der Waals surface area contributed by atoms with Crippen molar-refractivity contribution in [3.63, 3.8) is 0 Å². The molecule has 0 bridgehead atoms. The van der Waals surface area contributed by atoms with Gasteiger partial charge < -0.3 is 19.9 Å². The monoisotopic (exact) mass is 381 g/mol. The summed E-state index contributed by atoms with van der Waals surface area (Å²) in [4.78, 5) is 0. The van der Waals surface area contributed by atoms with E-state index >= 15 is 0 Å². The molecule has 10 heteroatoms. The number of benzene rings is 2. The normalized spacial score (nSPS) is 12.0. The Hall–Kier alpha value is -2.62. The first-order valence-electron chi connectivity index (χ1n) is 7.17. The summed E-state index contributed by atoms with van der Waals surface area (Å²) in [6.45, 7) is -0.0954. The zero-order valence-corrected chi connectivity index (χ0v) is 13.0. The molecule has 0 aliphatic heterocycles. The second kappa shape index (κ2) is 7.73. The summed E-state index contributed by atoms with van der Waals surface area (Å²) in [7, 11) is 0. The van der Waals surface area contributed by atoms with Gasteiger partial charge in [0.05, 0.1) is 0 Å². The number of hydrogen-bond acceptors (Lipinski definition) is 4. The molecule has 4 nitrogen and oxygen atoms in total. The second-order valence-corrected chi connectivity index (χ2v) is 4.89. The van der Waals surface area contributed by atoms with Crippen LogP contribution in [0.5, 0.6) is 17.2 Å². The molecule has 2 aromatic rings. The average molecular weight is 381 g/mol. The predicted molar refractivity (Wildman–Crippen MR) is 79.8 cm³/mol. The van der Waals surface area contributed by atoms with Crippen molar-refractivity contribution in [2.45, 2.75) is 12.7 Å². The van der Waals surface area contributed by atoms with Crippen LogP contribution in [0, 0.1) is 0 Å². The van der Waals surface area contributed by atoms with E-state index in [-0.39, 0.29) is 30.0 Å². The third-order valence-electron chi connectivity index (χ3n) is 2.97. The van der Waals surface area contributed by atoms with Gasteiger partial charge in [0.2, 0.25) is 0 Å². The predicted octanol–water partition coefficient (Wildman–Crippen LogP) is 4.49. The van der Waals surface area contributed by atoms with Crippen LogP contribution in [-0.2, 0) is 0 Å². The van der Waals surface area contributed by atoms with E-state index in [1.54, 1.807) is 0 Å². The number of alkyl halides is 6. The Balaban J connectivity index is 2.44. The molecule has 0 aliphatic rings. The fourth-order valence-corrected chi connectivity index (χ4v) is 2.09. The van der Waals surface area contributed by atoms with Gasteiger partial charge in [-0.15, -0.1) is 26.3 Å². The molecule has 0 amide bonds. The van der Waals surface area contributed by atoms with Gasteiger partial charge >= 0.3 is 12.7 Å². The van der Waals surface area contributed by atoms with Gasteiger partial charge in [0, 0.05) is 12.1 Å². The molecule has 0 radical (unpaired) electrons. The van der Waals surface area contributed by atoms with E-state index in [0.717, 1.165) is 24.3 Å². The SMILES string of the molecule is NCCOc1cc(-c2ccccc2OC(F)(F)F)ccc1OC(F)(F)F.